The summed E-state index contributed by atoms with van der Waals surface area (Å²) in [7, 11) is 0. The summed E-state index contributed by atoms with van der Waals surface area (Å²) >= 11 is 0. The lowest BCUT2D eigenvalue weighted by molar-refractivity contribution is 0.660. The molecule has 1 aliphatic carbocycles. The maximum atomic E-state index is 6.18. The van der Waals surface area contributed by atoms with Gasteiger partial charge < -0.3 is 9.32 Å². The number of hydrogen-bond donors (Lipinski definition) is 0. The van der Waals surface area contributed by atoms with Crippen LogP contribution in [0.15, 0.2) is 241 Å². The van der Waals surface area contributed by atoms with Crippen LogP contribution in [0.1, 0.15) is 25.0 Å². The van der Waals surface area contributed by atoms with E-state index in [1.807, 2.05) is 12.1 Å². The highest BCUT2D eigenvalue weighted by Gasteiger charge is 2.36. The van der Waals surface area contributed by atoms with Crippen LogP contribution in [0.2, 0.25) is 0 Å². The number of nitrogens with zero attached hydrogens (tertiary/aromatic N) is 1. The van der Waals surface area contributed by atoms with Gasteiger partial charge >= 0.3 is 0 Å². The van der Waals surface area contributed by atoms with Crippen LogP contribution in [0.25, 0.3) is 88.7 Å². The molecule has 0 N–H and O–H groups in total. The summed E-state index contributed by atoms with van der Waals surface area (Å²) in [6.45, 7) is 4.75. The first-order valence-corrected chi connectivity index (χ1v) is 22.5. The zero-order valence-corrected chi connectivity index (χ0v) is 36.4. The van der Waals surface area contributed by atoms with Crippen molar-refractivity contribution in [3.05, 3.63) is 248 Å². The predicted molar refractivity (Wildman–Crippen MR) is 273 cm³/mol. The molecule has 0 aliphatic heterocycles. The Labute approximate surface area is 380 Å². The molecule has 1 aromatic heterocycles. The summed E-state index contributed by atoms with van der Waals surface area (Å²) in [6.07, 6.45) is 0. The summed E-state index contributed by atoms with van der Waals surface area (Å²) in [6, 6.07) is 85.9. The van der Waals surface area contributed by atoms with Gasteiger partial charge in [0.05, 0.1) is 0 Å². The van der Waals surface area contributed by atoms with Crippen LogP contribution in [0.3, 0.4) is 0 Å². The second-order valence-corrected chi connectivity index (χ2v) is 17.7. The number of furan rings is 1. The zero-order chi connectivity index (χ0) is 43.5. The third kappa shape index (κ3) is 6.65. The molecule has 2 heteroatoms. The highest BCUT2D eigenvalue weighted by atomic mass is 16.3. The third-order valence-corrected chi connectivity index (χ3v) is 13.5. The minimum atomic E-state index is -0.231. The minimum absolute atomic E-state index is 0.231. The molecule has 0 bridgehead atoms. The first-order valence-electron chi connectivity index (χ1n) is 22.5. The Hall–Kier alpha value is -8.20. The van der Waals surface area contributed by atoms with E-state index in [1.54, 1.807) is 0 Å². The lowest BCUT2D eigenvalue weighted by atomic mass is 9.81. The van der Waals surface area contributed by atoms with E-state index < -0.39 is 0 Å². The van der Waals surface area contributed by atoms with E-state index in [4.69, 9.17) is 4.42 Å². The van der Waals surface area contributed by atoms with E-state index in [2.05, 4.69) is 243 Å². The van der Waals surface area contributed by atoms with Crippen molar-refractivity contribution in [2.45, 2.75) is 19.3 Å². The number of para-hydroxylation sites is 1. The molecule has 0 fully saturated rings. The zero-order valence-electron chi connectivity index (χ0n) is 36.4. The monoisotopic (exact) mass is 831 g/mol. The number of fused-ring (bicyclic) bond motifs is 6. The van der Waals surface area contributed by atoms with Gasteiger partial charge in [-0.05, 0) is 139 Å². The smallest absolute Gasteiger partial charge is 0.135 e. The molecule has 12 rings (SSSR count). The van der Waals surface area contributed by atoms with Crippen LogP contribution in [0.5, 0.6) is 0 Å². The molecule has 0 radical (unpaired) electrons. The fourth-order valence-electron chi connectivity index (χ4n) is 10.2. The molecule has 0 amide bonds. The summed E-state index contributed by atoms with van der Waals surface area (Å²) < 4.78 is 6.18. The maximum Gasteiger partial charge on any atom is 0.135 e. The topological polar surface area (TPSA) is 16.4 Å². The van der Waals surface area contributed by atoms with Crippen molar-refractivity contribution in [2.75, 3.05) is 4.90 Å². The van der Waals surface area contributed by atoms with Crippen LogP contribution in [0.4, 0.5) is 17.1 Å². The fourth-order valence-corrected chi connectivity index (χ4v) is 10.2. The summed E-state index contributed by atoms with van der Waals surface area (Å²) in [5.74, 6) is 0. The summed E-state index contributed by atoms with van der Waals surface area (Å²) in [4.78, 5) is 2.41. The standard InChI is InChI=1S/C63H45NO/c1-63(2)59-40-47(46-30-38-62-58(39-46)57-23-13-14-24-61(57)65-62)29-36-55(59)56-37-35-50(41-60(56)63)64(48-31-25-44(26-32-48)53-21-11-9-19-51(53)42-15-5-3-6-16-42)49-33-27-45(28-34-49)54-22-12-10-20-52(54)43-17-7-4-8-18-43/h3-41H,1-2H3. The molecule has 0 saturated heterocycles. The summed E-state index contributed by atoms with van der Waals surface area (Å²) in [5, 5.41) is 2.29. The van der Waals surface area contributed by atoms with Gasteiger partial charge in [-0.2, -0.15) is 0 Å². The maximum absolute atomic E-state index is 6.18. The highest BCUT2D eigenvalue weighted by molar-refractivity contribution is 6.06. The SMILES string of the molecule is CC1(C)c2cc(-c3ccc4oc5ccccc5c4c3)ccc2-c2ccc(N(c3ccc(-c4ccccc4-c4ccccc4)cc3)c3ccc(-c4ccccc4-c4ccccc4)cc3)cc21. The molecule has 0 unspecified atom stereocenters. The molecule has 1 aliphatic rings. The second kappa shape index (κ2) is 15.6. The average Bonchev–Trinajstić information content (AvgIpc) is 3.85. The predicted octanol–water partition coefficient (Wildman–Crippen LogP) is 17.7. The first kappa shape index (κ1) is 38.5. The van der Waals surface area contributed by atoms with Crippen LogP contribution >= 0.6 is 0 Å². The molecular formula is C63H45NO. The first-order chi connectivity index (χ1) is 32.0. The van der Waals surface area contributed by atoms with Crippen molar-refractivity contribution in [3.8, 4) is 66.8 Å². The van der Waals surface area contributed by atoms with Crippen LogP contribution in [-0.4, -0.2) is 0 Å². The van der Waals surface area contributed by atoms with Gasteiger partial charge in [0.25, 0.3) is 0 Å². The van der Waals surface area contributed by atoms with Crippen molar-refractivity contribution in [1.82, 2.24) is 0 Å². The van der Waals surface area contributed by atoms with Crippen molar-refractivity contribution in [3.63, 3.8) is 0 Å². The van der Waals surface area contributed by atoms with Crippen molar-refractivity contribution in [1.29, 1.82) is 0 Å². The average molecular weight is 832 g/mol. The molecule has 308 valence electrons. The van der Waals surface area contributed by atoms with Gasteiger partial charge in [-0.25, -0.2) is 0 Å². The molecule has 0 spiro atoms. The Morgan fingerprint density at radius 2 is 0.692 bits per heavy atom. The van der Waals surface area contributed by atoms with E-state index in [1.165, 1.54) is 77.9 Å². The molecule has 0 atom stereocenters. The lowest BCUT2D eigenvalue weighted by Crippen LogP contribution is -2.16. The Balaban J connectivity index is 0.943. The summed E-state index contributed by atoms with van der Waals surface area (Å²) in [5.41, 5.74) is 22.2. The van der Waals surface area contributed by atoms with Crippen molar-refractivity contribution < 1.29 is 4.42 Å². The van der Waals surface area contributed by atoms with Crippen molar-refractivity contribution in [2.24, 2.45) is 0 Å². The molecule has 10 aromatic carbocycles. The quantitative estimate of drug-likeness (QED) is 0.152. The van der Waals surface area contributed by atoms with Gasteiger partial charge in [0.2, 0.25) is 0 Å². The highest BCUT2D eigenvalue weighted by Crippen LogP contribution is 2.52. The Morgan fingerprint density at radius 1 is 0.292 bits per heavy atom. The molecule has 0 saturated carbocycles. The molecule has 11 aromatic rings. The molecular weight excluding hydrogens is 787 g/mol. The van der Waals surface area contributed by atoms with E-state index >= 15 is 0 Å². The van der Waals surface area contributed by atoms with Gasteiger partial charge in [0, 0.05) is 33.2 Å². The number of anilines is 3. The van der Waals surface area contributed by atoms with Gasteiger partial charge in [-0.15, -0.1) is 0 Å². The minimum Gasteiger partial charge on any atom is -0.456 e. The van der Waals surface area contributed by atoms with E-state index in [0.29, 0.717) is 0 Å². The van der Waals surface area contributed by atoms with Gasteiger partial charge in [0.15, 0.2) is 0 Å². The number of hydrogen-bond acceptors (Lipinski definition) is 2. The normalized spacial score (nSPS) is 12.6. The van der Waals surface area contributed by atoms with Gasteiger partial charge in [0.1, 0.15) is 11.2 Å². The largest absolute Gasteiger partial charge is 0.456 e. The molecule has 1 heterocycles. The lowest BCUT2D eigenvalue weighted by Gasteiger charge is -2.28. The van der Waals surface area contributed by atoms with Gasteiger partial charge in [-0.3, -0.25) is 0 Å². The Kier molecular flexibility index (Phi) is 9.21. The molecule has 2 nitrogen and oxygen atoms in total. The van der Waals surface area contributed by atoms with Gasteiger partial charge in [-0.1, -0.05) is 190 Å². The van der Waals surface area contributed by atoms with E-state index in [-0.39, 0.29) is 5.41 Å². The van der Waals surface area contributed by atoms with Crippen LogP contribution < -0.4 is 4.90 Å². The van der Waals surface area contributed by atoms with Crippen molar-refractivity contribution >= 4 is 39.0 Å². The van der Waals surface area contributed by atoms with E-state index in [9.17, 15) is 0 Å². The Morgan fingerprint density at radius 3 is 1.26 bits per heavy atom. The number of benzene rings is 10. The van der Waals surface area contributed by atoms with Crippen LogP contribution in [-0.2, 0) is 5.41 Å². The van der Waals surface area contributed by atoms with E-state index in [0.717, 1.165) is 39.0 Å². The third-order valence-electron chi connectivity index (χ3n) is 13.5. The second-order valence-electron chi connectivity index (χ2n) is 17.7. The fraction of sp³-hybridized carbons (Fsp3) is 0.0476. The number of rotatable bonds is 8. The van der Waals surface area contributed by atoms with Crippen LogP contribution in [0, 0.1) is 0 Å². The molecule has 65 heavy (non-hydrogen) atoms. The Bertz CT molecular complexity index is 3420.